The molecule has 3 N–H and O–H groups in total. The molecule has 6 nitrogen and oxygen atoms in total. The summed E-state index contributed by atoms with van der Waals surface area (Å²) in [5.74, 6) is -1.09. The largest absolute Gasteiger partial charge is 0.484 e. The van der Waals surface area contributed by atoms with Crippen molar-refractivity contribution >= 4 is 32.9 Å². The highest BCUT2D eigenvalue weighted by molar-refractivity contribution is 6.38. The second kappa shape index (κ2) is 11.7. The zero-order valence-electron chi connectivity index (χ0n) is 17.8. The number of ether oxygens (including phenoxy) is 1. The number of carbonyl (C=O) groups is 2. The summed E-state index contributed by atoms with van der Waals surface area (Å²) in [7, 11) is 0.378. The number of halogens is 5. The molecule has 2 atom stereocenters. The maximum Gasteiger partial charge on any atom is 0.416 e. The Morgan fingerprint density at radius 1 is 1.18 bits per heavy atom. The fraction of sp³-hybridized carbons (Fsp3) is 0.364. The molecule has 2 aromatic rings. The lowest BCUT2D eigenvalue weighted by atomic mass is 10.1. The Bertz CT molecular complexity index is 1010. The Morgan fingerprint density at radius 3 is 2.59 bits per heavy atom. The van der Waals surface area contributed by atoms with Gasteiger partial charge in [0, 0.05) is 24.8 Å². The number of nitrogens with one attached hydrogen (secondary N) is 3. The summed E-state index contributed by atoms with van der Waals surface area (Å²) in [6, 6.07) is 8.74. The van der Waals surface area contributed by atoms with E-state index in [2.05, 4.69) is 16.0 Å². The first-order valence-corrected chi connectivity index (χ1v) is 12.1. The SMILES string of the molecule is O=C(COc1ccc(Cl)c(F)c1)N[C@@H]1CN[C@@H](C(=O)NCc2ccc(C(F)(F)F)cc2)CC[Si]1. The minimum atomic E-state index is -4.40. The zero-order chi connectivity index (χ0) is 24.7. The van der Waals surface area contributed by atoms with Crippen LogP contribution in [0.2, 0.25) is 11.1 Å². The molecule has 0 spiro atoms. The van der Waals surface area contributed by atoms with Gasteiger partial charge in [0.05, 0.1) is 26.1 Å². The molecule has 1 aliphatic rings. The van der Waals surface area contributed by atoms with Crippen molar-refractivity contribution < 1.29 is 31.9 Å². The van der Waals surface area contributed by atoms with Crippen molar-refractivity contribution in [3.05, 3.63) is 64.4 Å². The average molecular weight is 516 g/mol. The van der Waals surface area contributed by atoms with Crippen molar-refractivity contribution in [1.29, 1.82) is 0 Å². The molecule has 2 aromatic carbocycles. The zero-order valence-corrected chi connectivity index (χ0v) is 19.6. The Kier molecular flexibility index (Phi) is 8.92. The number of alkyl halides is 3. The van der Waals surface area contributed by atoms with Gasteiger partial charge >= 0.3 is 6.18 Å². The first-order chi connectivity index (χ1) is 16.1. The van der Waals surface area contributed by atoms with Crippen LogP contribution in [0.1, 0.15) is 17.5 Å². The maximum absolute atomic E-state index is 13.4. The molecule has 12 heteroatoms. The van der Waals surface area contributed by atoms with Gasteiger partial charge in [-0.05, 0) is 36.2 Å². The van der Waals surface area contributed by atoms with Crippen LogP contribution >= 0.6 is 11.6 Å². The van der Waals surface area contributed by atoms with Gasteiger partial charge in [-0.25, -0.2) is 4.39 Å². The number of amides is 2. The van der Waals surface area contributed by atoms with Crippen LogP contribution in [-0.2, 0) is 22.3 Å². The highest BCUT2D eigenvalue weighted by Crippen LogP contribution is 2.29. The fourth-order valence-electron chi connectivity index (χ4n) is 3.24. The lowest BCUT2D eigenvalue weighted by molar-refractivity contribution is -0.137. The van der Waals surface area contributed by atoms with Crippen LogP contribution in [0.5, 0.6) is 5.75 Å². The molecule has 182 valence electrons. The van der Waals surface area contributed by atoms with Gasteiger partial charge < -0.3 is 20.7 Å². The smallest absolute Gasteiger partial charge is 0.416 e. The second-order valence-electron chi connectivity index (χ2n) is 7.60. The molecule has 2 amide bonds. The van der Waals surface area contributed by atoms with Gasteiger partial charge in [-0.3, -0.25) is 9.59 Å². The van der Waals surface area contributed by atoms with Crippen molar-refractivity contribution in [3.63, 3.8) is 0 Å². The van der Waals surface area contributed by atoms with Crippen LogP contribution in [0.3, 0.4) is 0 Å². The number of hydrogen-bond donors (Lipinski definition) is 3. The Hall–Kier alpha value is -2.63. The topological polar surface area (TPSA) is 79.5 Å². The summed E-state index contributed by atoms with van der Waals surface area (Å²) in [5, 5.41) is 8.64. The monoisotopic (exact) mass is 515 g/mol. The molecule has 3 rings (SSSR count). The van der Waals surface area contributed by atoms with E-state index < -0.39 is 23.6 Å². The molecule has 34 heavy (non-hydrogen) atoms. The van der Waals surface area contributed by atoms with Crippen LogP contribution in [0, 0.1) is 5.82 Å². The molecule has 1 aliphatic heterocycles. The van der Waals surface area contributed by atoms with Gasteiger partial charge in [-0.1, -0.05) is 29.8 Å². The van der Waals surface area contributed by atoms with E-state index in [1.165, 1.54) is 24.3 Å². The molecule has 1 saturated heterocycles. The van der Waals surface area contributed by atoms with Gasteiger partial charge in [0.25, 0.3) is 5.91 Å². The van der Waals surface area contributed by atoms with Crippen molar-refractivity contribution in [2.75, 3.05) is 13.2 Å². The van der Waals surface area contributed by atoms with E-state index in [9.17, 15) is 27.2 Å². The maximum atomic E-state index is 13.4. The highest BCUT2D eigenvalue weighted by Gasteiger charge is 2.30. The third-order valence-electron chi connectivity index (χ3n) is 5.05. The van der Waals surface area contributed by atoms with Gasteiger partial charge in [-0.2, -0.15) is 13.2 Å². The van der Waals surface area contributed by atoms with Gasteiger partial charge in [-0.15, -0.1) is 0 Å². The number of benzene rings is 2. The third kappa shape index (κ3) is 7.71. The van der Waals surface area contributed by atoms with Crippen LogP contribution in [0.4, 0.5) is 17.6 Å². The number of hydrogen-bond acceptors (Lipinski definition) is 4. The normalized spacial score (nSPS) is 18.6. The van der Waals surface area contributed by atoms with E-state index in [1.54, 1.807) is 0 Å². The standard InChI is InChI=1S/C22H22ClF4N3O3Si/c23-16-6-5-15(9-17(16)24)33-12-19(31)30-20-11-28-18(7-8-34-20)21(32)29-10-13-1-3-14(4-2-13)22(25,26)27/h1-6,9,18,20,28H,7-8,10-12H2,(H,29,32)(H,30,31)/t18-,20+/m1/s1. The van der Waals surface area contributed by atoms with E-state index in [0.717, 1.165) is 18.2 Å². The molecule has 0 aromatic heterocycles. The van der Waals surface area contributed by atoms with Gasteiger partial charge in [0.2, 0.25) is 5.91 Å². The van der Waals surface area contributed by atoms with E-state index in [4.69, 9.17) is 16.3 Å². The van der Waals surface area contributed by atoms with Crippen LogP contribution in [-0.4, -0.2) is 46.2 Å². The molecular weight excluding hydrogens is 494 g/mol. The first kappa shape index (κ1) is 26.0. The fourth-order valence-corrected chi connectivity index (χ4v) is 4.68. The molecule has 0 aliphatic carbocycles. The highest BCUT2D eigenvalue weighted by atomic mass is 35.5. The third-order valence-corrected chi connectivity index (χ3v) is 6.78. The van der Waals surface area contributed by atoms with Crippen molar-refractivity contribution in [1.82, 2.24) is 16.0 Å². The van der Waals surface area contributed by atoms with Crippen LogP contribution in [0.25, 0.3) is 0 Å². The molecule has 1 heterocycles. The van der Waals surface area contributed by atoms with E-state index >= 15 is 0 Å². The Labute approximate surface area is 201 Å². The number of carbonyl (C=O) groups excluding carboxylic acids is 2. The predicted octanol–water partition coefficient (Wildman–Crippen LogP) is 3.12. The average Bonchev–Trinajstić information content (AvgIpc) is 3.03. The predicted molar refractivity (Wildman–Crippen MR) is 119 cm³/mol. The van der Waals surface area contributed by atoms with Crippen molar-refractivity contribution in [2.45, 2.75) is 36.9 Å². The van der Waals surface area contributed by atoms with Crippen LogP contribution < -0.4 is 20.7 Å². The molecule has 2 radical (unpaired) electrons. The summed E-state index contributed by atoms with van der Waals surface area (Å²) >= 11 is 5.61. The minimum Gasteiger partial charge on any atom is -0.484 e. The minimum absolute atomic E-state index is 0.0412. The molecule has 0 saturated carbocycles. The van der Waals surface area contributed by atoms with E-state index in [1.807, 2.05) is 0 Å². The molecule has 1 fully saturated rings. The van der Waals surface area contributed by atoms with E-state index in [0.29, 0.717) is 34.1 Å². The Morgan fingerprint density at radius 2 is 1.91 bits per heavy atom. The van der Waals surface area contributed by atoms with Crippen molar-refractivity contribution in [3.8, 4) is 5.75 Å². The molecular formula is C22H22ClF4N3O3Si. The lowest BCUT2D eigenvalue weighted by Crippen LogP contribution is -2.49. The number of rotatable bonds is 7. The lowest BCUT2D eigenvalue weighted by Gasteiger charge is -2.19. The summed E-state index contributed by atoms with van der Waals surface area (Å²) in [6.45, 7) is 0.192. The second-order valence-corrected chi connectivity index (χ2v) is 9.61. The summed E-state index contributed by atoms with van der Waals surface area (Å²) < 4.78 is 56.7. The van der Waals surface area contributed by atoms with Gasteiger partial charge in [0.1, 0.15) is 11.6 Å². The summed E-state index contributed by atoms with van der Waals surface area (Å²) in [5.41, 5.74) is -0.374. The summed E-state index contributed by atoms with van der Waals surface area (Å²) in [4.78, 5) is 24.7. The van der Waals surface area contributed by atoms with Gasteiger partial charge in [0.15, 0.2) is 6.61 Å². The van der Waals surface area contributed by atoms with Crippen molar-refractivity contribution in [2.24, 2.45) is 0 Å². The molecule has 0 unspecified atom stereocenters. The first-order valence-electron chi connectivity index (χ1n) is 10.4. The Balaban J connectivity index is 1.41. The van der Waals surface area contributed by atoms with Crippen LogP contribution in [0.15, 0.2) is 42.5 Å². The summed E-state index contributed by atoms with van der Waals surface area (Å²) in [6.07, 6.45) is -3.84. The molecule has 0 bridgehead atoms. The van der Waals surface area contributed by atoms with E-state index in [-0.39, 0.29) is 41.4 Å². The quantitative estimate of drug-likeness (QED) is 0.391.